The van der Waals surface area contributed by atoms with E-state index in [0.29, 0.717) is 11.3 Å². The number of hydrogen-bond donors (Lipinski definition) is 2. The Bertz CT molecular complexity index is 1280. The lowest BCUT2D eigenvalue weighted by Crippen LogP contribution is -2.54. The number of carbonyl (C=O) groups is 3. The van der Waals surface area contributed by atoms with E-state index in [-0.39, 0.29) is 18.4 Å². The molecule has 0 aliphatic heterocycles. The van der Waals surface area contributed by atoms with E-state index in [1.165, 1.54) is 4.90 Å². The van der Waals surface area contributed by atoms with E-state index in [2.05, 4.69) is 17.2 Å². The third-order valence-corrected chi connectivity index (χ3v) is 5.91. The lowest BCUT2D eigenvalue weighted by atomic mass is 9.98. The van der Waals surface area contributed by atoms with Crippen LogP contribution < -0.4 is 10.6 Å². The van der Waals surface area contributed by atoms with E-state index >= 15 is 0 Å². The summed E-state index contributed by atoms with van der Waals surface area (Å²) in [6, 6.07) is 20.8. The van der Waals surface area contributed by atoms with Gasteiger partial charge in [-0.3, -0.25) is 9.59 Å². The van der Waals surface area contributed by atoms with Gasteiger partial charge in [-0.1, -0.05) is 80.6 Å². The SMILES string of the molecule is C=CCN(C(=O)C(NC(=O)OC(C)(C)C)C(C)C)C(C(=O)Nc1ccc2ccccc2c1)c1ccccc1. The highest BCUT2D eigenvalue weighted by Crippen LogP contribution is 2.26. The average Bonchev–Trinajstić information content (AvgIpc) is 2.86. The van der Waals surface area contributed by atoms with Gasteiger partial charge < -0.3 is 20.3 Å². The quantitative estimate of drug-likeness (QED) is 0.338. The first kappa shape index (κ1) is 28.4. The Hall–Kier alpha value is -4.13. The Balaban J connectivity index is 1.96. The minimum Gasteiger partial charge on any atom is -0.444 e. The minimum absolute atomic E-state index is 0.1000. The summed E-state index contributed by atoms with van der Waals surface area (Å²) in [7, 11) is 0. The van der Waals surface area contributed by atoms with Gasteiger partial charge in [-0.25, -0.2) is 4.79 Å². The van der Waals surface area contributed by atoms with Crippen LogP contribution in [-0.4, -0.2) is 41.0 Å². The summed E-state index contributed by atoms with van der Waals surface area (Å²) in [4.78, 5) is 41.8. The molecule has 0 radical (unpaired) electrons. The highest BCUT2D eigenvalue weighted by Gasteiger charge is 2.37. The molecule has 38 heavy (non-hydrogen) atoms. The predicted octanol–water partition coefficient (Wildman–Crippen LogP) is 6.08. The van der Waals surface area contributed by atoms with Gasteiger partial charge in [0.05, 0.1) is 0 Å². The zero-order valence-corrected chi connectivity index (χ0v) is 22.7. The maximum absolute atomic E-state index is 14.0. The van der Waals surface area contributed by atoms with Gasteiger partial charge in [0.15, 0.2) is 0 Å². The highest BCUT2D eigenvalue weighted by molar-refractivity contribution is 6.00. The summed E-state index contributed by atoms with van der Waals surface area (Å²) in [6.45, 7) is 12.8. The zero-order chi connectivity index (χ0) is 27.9. The van der Waals surface area contributed by atoms with Gasteiger partial charge in [-0.05, 0) is 55.2 Å². The Kier molecular flexibility index (Phi) is 9.29. The standard InChI is InChI=1S/C31H37N3O4/c1-7-19-34(29(36)26(21(2)3)33-30(37)38-31(4,5)6)27(23-14-9-8-10-15-23)28(35)32-25-18-17-22-13-11-12-16-24(22)20-25/h7-18,20-21,26-27H,1,19H2,2-6H3,(H,32,35)(H,33,37). The van der Waals surface area contributed by atoms with Crippen molar-refractivity contribution in [1.82, 2.24) is 10.2 Å². The predicted molar refractivity (Wildman–Crippen MR) is 152 cm³/mol. The lowest BCUT2D eigenvalue weighted by Gasteiger charge is -2.35. The topological polar surface area (TPSA) is 87.7 Å². The zero-order valence-electron chi connectivity index (χ0n) is 22.7. The second-order valence-corrected chi connectivity index (χ2v) is 10.5. The highest BCUT2D eigenvalue weighted by atomic mass is 16.6. The van der Waals surface area contributed by atoms with E-state index in [4.69, 9.17) is 4.74 Å². The van der Waals surface area contributed by atoms with Gasteiger partial charge in [0.25, 0.3) is 5.91 Å². The van der Waals surface area contributed by atoms with Crippen molar-refractivity contribution in [3.8, 4) is 0 Å². The van der Waals surface area contributed by atoms with Gasteiger partial charge in [0.1, 0.15) is 17.7 Å². The summed E-state index contributed by atoms with van der Waals surface area (Å²) in [5, 5.41) is 7.74. The van der Waals surface area contributed by atoms with E-state index in [1.54, 1.807) is 39.0 Å². The molecule has 0 saturated carbocycles. The average molecular weight is 516 g/mol. The van der Waals surface area contributed by atoms with E-state index in [1.807, 2.05) is 74.5 Å². The molecule has 7 heteroatoms. The summed E-state index contributed by atoms with van der Waals surface area (Å²) in [5.74, 6) is -1.04. The molecule has 7 nitrogen and oxygen atoms in total. The molecule has 200 valence electrons. The minimum atomic E-state index is -0.963. The Morgan fingerprint density at radius 1 is 0.947 bits per heavy atom. The number of nitrogens with zero attached hydrogens (tertiary/aromatic N) is 1. The van der Waals surface area contributed by atoms with Crippen LogP contribution in [0.3, 0.4) is 0 Å². The molecule has 2 N–H and O–H groups in total. The fourth-order valence-electron chi connectivity index (χ4n) is 4.17. The number of carbonyl (C=O) groups excluding carboxylic acids is 3. The van der Waals surface area contributed by atoms with Crippen molar-refractivity contribution in [2.45, 2.75) is 52.3 Å². The maximum atomic E-state index is 14.0. The maximum Gasteiger partial charge on any atom is 0.408 e. The molecule has 3 rings (SSSR count). The monoisotopic (exact) mass is 515 g/mol. The van der Waals surface area contributed by atoms with Gasteiger partial charge in [-0.2, -0.15) is 0 Å². The molecule has 0 aliphatic carbocycles. The van der Waals surface area contributed by atoms with Crippen molar-refractivity contribution in [1.29, 1.82) is 0 Å². The Morgan fingerprint density at radius 3 is 2.18 bits per heavy atom. The van der Waals surface area contributed by atoms with Crippen molar-refractivity contribution < 1.29 is 19.1 Å². The molecular weight excluding hydrogens is 478 g/mol. The number of anilines is 1. The summed E-state index contributed by atoms with van der Waals surface area (Å²) in [6.07, 6.45) is 0.877. The number of rotatable bonds is 9. The second kappa shape index (κ2) is 12.4. The first-order chi connectivity index (χ1) is 18.0. The number of nitrogens with one attached hydrogen (secondary N) is 2. The van der Waals surface area contributed by atoms with Crippen LogP contribution in [0.2, 0.25) is 0 Å². The normalized spacial score (nSPS) is 12.9. The largest absolute Gasteiger partial charge is 0.444 e. The molecule has 0 spiro atoms. The summed E-state index contributed by atoms with van der Waals surface area (Å²) < 4.78 is 5.39. The summed E-state index contributed by atoms with van der Waals surface area (Å²) >= 11 is 0. The third kappa shape index (κ3) is 7.44. The number of alkyl carbamates (subject to hydrolysis) is 1. The Labute approximate surface area is 224 Å². The van der Waals surface area contributed by atoms with Crippen molar-refractivity contribution in [2.24, 2.45) is 5.92 Å². The molecule has 3 aromatic rings. The molecular formula is C31H37N3O4. The molecule has 0 aliphatic rings. The van der Waals surface area contributed by atoms with Gasteiger partial charge in [-0.15, -0.1) is 6.58 Å². The molecule has 0 heterocycles. The first-order valence-corrected chi connectivity index (χ1v) is 12.8. The molecule has 0 bridgehead atoms. The van der Waals surface area contributed by atoms with Crippen LogP contribution in [0.4, 0.5) is 10.5 Å². The number of benzene rings is 3. The third-order valence-electron chi connectivity index (χ3n) is 5.91. The van der Waals surface area contributed by atoms with Gasteiger partial charge in [0, 0.05) is 12.2 Å². The van der Waals surface area contributed by atoms with E-state index < -0.39 is 29.7 Å². The molecule has 3 amide bonds. The molecule has 0 aromatic heterocycles. The first-order valence-electron chi connectivity index (χ1n) is 12.8. The molecule has 2 atom stereocenters. The van der Waals surface area contributed by atoms with Crippen molar-refractivity contribution in [2.75, 3.05) is 11.9 Å². The number of ether oxygens (including phenoxy) is 1. The van der Waals surface area contributed by atoms with Crippen molar-refractivity contribution >= 4 is 34.4 Å². The van der Waals surface area contributed by atoms with E-state index in [9.17, 15) is 14.4 Å². The fraction of sp³-hybridized carbons (Fsp3) is 0.323. The van der Waals surface area contributed by atoms with Crippen LogP contribution >= 0.6 is 0 Å². The molecule has 3 aromatic carbocycles. The van der Waals surface area contributed by atoms with Gasteiger partial charge >= 0.3 is 6.09 Å². The van der Waals surface area contributed by atoms with Crippen LogP contribution in [0.15, 0.2) is 85.5 Å². The second-order valence-electron chi connectivity index (χ2n) is 10.5. The smallest absolute Gasteiger partial charge is 0.408 e. The fourth-order valence-corrected chi connectivity index (χ4v) is 4.17. The van der Waals surface area contributed by atoms with Crippen LogP contribution in [0.1, 0.15) is 46.2 Å². The van der Waals surface area contributed by atoms with Crippen LogP contribution in [0.5, 0.6) is 0 Å². The van der Waals surface area contributed by atoms with E-state index in [0.717, 1.165) is 10.8 Å². The van der Waals surface area contributed by atoms with Crippen molar-refractivity contribution in [3.63, 3.8) is 0 Å². The van der Waals surface area contributed by atoms with Crippen molar-refractivity contribution in [3.05, 3.63) is 91.0 Å². The van der Waals surface area contributed by atoms with Crippen LogP contribution in [-0.2, 0) is 14.3 Å². The summed E-state index contributed by atoms with van der Waals surface area (Å²) in [5.41, 5.74) is 0.538. The Morgan fingerprint density at radius 2 is 1.58 bits per heavy atom. The van der Waals surface area contributed by atoms with Crippen LogP contribution in [0, 0.1) is 5.92 Å². The molecule has 0 saturated heterocycles. The molecule has 0 fully saturated rings. The molecule has 2 unspecified atom stereocenters. The number of amides is 3. The van der Waals surface area contributed by atoms with Gasteiger partial charge in [0.2, 0.25) is 5.91 Å². The number of hydrogen-bond acceptors (Lipinski definition) is 4. The number of fused-ring (bicyclic) bond motifs is 1. The van der Waals surface area contributed by atoms with Crippen LogP contribution in [0.25, 0.3) is 10.8 Å². The lowest BCUT2D eigenvalue weighted by molar-refractivity contribution is -0.141.